The molecule has 4 aromatic carbocycles. The summed E-state index contributed by atoms with van der Waals surface area (Å²) >= 11 is 0. The first-order valence-electron chi connectivity index (χ1n) is 29.6. The average molecular weight is 1090 g/mol. The molecule has 2 aliphatic rings. The molecule has 0 saturated carbocycles. The Morgan fingerprint density at radius 1 is 0.420 bits per heavy atom. The zero-order chi connectivity index (χ0) is 56.5. The van der Waals surface area contributed by atoms with Crippen molar-refractivity contribution in [2.24, 2.45) is 0 Å². The van der Waals surface area contributed by atoms with Gasteiger partial charge in [0, 0.05) is 69.5 Å². The van der Waals surface area contributed by atoms with Crippen molar-refractivity contribution in [2.75, 3.05) is 81.7 Å². The maximum atomic E-state index is 7.12. The van der Waals surface area contributed by atoms with E-state index < -0.39 is 0 Å². The second kappa shape index (κ2) is 28.8. The Kier molecular flexibility index (Phi) is 20.7. The standard InChI is InChI=1S/C70H85N7O4/c1-9-11-12-13-14-15-27-53(10-2)81-66-32-17-16-31-57(66)70-64-39-37-62(73-64)68(51-25-19-29-55(48-51)79-45-22-42-76(5)6)60-35-33-58(71-60)67(50-24-18-28-54(47-50)78-44-21-41-75(3)4)59-34-36-61(72-59)69(63-38-40-65(70)74-63)52-26-20-30-56(49-52)80-46-23-43-77(7)8/h16-20,24-26,28-40,47-49,53,71,74H,9-15,21-23,27,41-46H2,1-8H3. The van der Waals surface area contributed by atoms with E-state index in [0.29, 0.717) is 19.8 Å². The molecule has 7 aromatic rings. The summed E-state index contributed by atoms with van der Waals surface area (Å²) < 4.78 is 26.4. The lowest BCUT2D eigenvalue weighted by Gasteiger charge is -2.20. The SMILES string of the molecule is CCCCCCCCC(CC)Oc1ccccc1-c1c2nc(c(-c3cccc(OCCCN(C)C)c3)c3ccc([nH]3)c(-c3cccc(OCCCN(C)C)c3)c3nc(c(-c4cccc(OCCCN(C)C)c4)c4ccc1[nH]4)C=C3)C=C2. The van der Waals surface area contributed by atoms with Crippen molar-refractivity contribution in [3.8, 4) is 67.5 Å². The van der Waals surface area contributed by atoms with Gasteiger partial charge < -0.3 is 43.6 Å². The smallest absolute Gasteiger partial charge is 0.127 e. The van der Waals surface area contributed by atoms with Crippen LogP contribution in [0.5, 0.6) is 23.0 Å². The molecule has 0 radical (unpaired) electrons. The zero-order valence-corrected chi connectivity index (χ0v) is 49.3. The number of aromatic nitrogens is 4. The monoisotopic (exact) mass is 1090 g/mol. The van der Waals surface area contributed by atoms with Crippen molar-refractivity contribution in [2.45, 2.75) is 90.6 Å². The summed E-state index contributed by atoms with van der Waals surface area (Å²) in [7, 11) is 12.6. The normalized spacial score (nSPS) is 12.5. The van der Waals surface area contributed by atoms with E-state index in [1.807, 2.05) is 18.2 Å². The molecule has 0 fully saturated rings. The number of unbranched alkanes of at least 4 members (excludes halogenated alkanes) is 5. The summed E-state index contributed by atoms with van der Waals surface area (Å²) in [5.41, 5.74) is 14.7. The van der Waals surface area contributed by atoms with E-state index in [9.17, 15) is 0 Å². The van der Waals surface area contributed by atoms with Gasteiger partial charge in [-0.25, -0.2) is 9.97 Å². The van der Waals surface area contributed by atoms with E-state index >= 15 is 0 Å². The van der Waals surface area contributed by atoms with Crippen molar-refractivity contribution >= 4 is 46.4 Å². The zero-order valence-electron chi connectivity index (χ0n) is 49.3. The third-order valence-corrected chi connectivity index (χ3v) is 15.0. The molecule has 81 heavy (non-hydrogen) atoms. The van der Waals surface area contributed by atoms with Crippen LogP contribution >= 0.6 is 0 Å². The number of aromatic amines is 2. The van der Waals surface area contributed by atoms with Gasteiger partial charge in [0.15, 0.2) is 0 Å². The Hall–Kier alpha value is -7.44. The highest BCUT2D eigenvalue weighted by Gasteiger charge is 2.22. The molecule has 1 atom stereocenters. The van der Waals surface area contributed by atoms with Crippen LogP contribution in [0.3, 0.4) is 0 Å². The van der Waals surface area contributed by atoms with Gasteiger partial charge in [-0.1, -0.05) is 101 Å². The first-order valence-corrected chi connectivity index (χ1v) is 29.6. The van der Waals surface area contributed by atoms with Crippen LogP contribution in [-0.2, 0) is 0 Å². The lowest BCUT2D eigenvalue weighted by atomic mass is 10.0. The predicted octanol–water partition coefficient (Wildman–Crippen LogP) is 16.2. The first-order chi connectivity index (χ1) is 39.5. The molecule has 0 saturated heterocycles. The predicted molar refractivity (Wildman–Crippen MR) is 339 cm³/mol. The minimum atomic E-state index is 0.0746. The van der Waals surface area contributed by atoms with Crippen molar-refractivity contribution in [1.29, 1.82) is 0 Å². The lowest BCUT2D eigenvalue weighted by molar-refractivity contribution is 0.183. The van der Waals surface area contributed by atoms with Gasteiger partial charge >= 0.3 is 0 Å². The topological polar surface area (TPSA) is 104 Å². The number of benzene rings is 4. The van der Waals surface area contributed by atoms with Gasteiger partial charge in [0.25, 0.3) is 0 Å². The molecule has 1 unspecified atom stereocenters. The lowest BCUT2D eigenvalue weighted by Crippen LogP contribution is -2.15. The van der Waals surface area contributed by atoms with Crippen molar-refractivity contribution in [1.82, 2.24) is 34.6 Å². The summed E-state index contributed by atoms with van der Waals surface area (Å²) in [6.07, 6.45) is 20.8. The largest absolute Gasteiger partial charge is 0.494 e. The summed E-state index contributed by atoms with van der Waals surface area (Å²) in [6.45, 7) is 9.18. The third-order valence-electron chi connectivity index (χ3n) is 15.0. The number of nitrogens with one attached hydrogen (secondary N) is 2. The number of para-hydroxylation sites is 1. The second-order valence-corrected chi connectivity index (χ2v) is 22.3. The Labute approximate surface area is 481 Å². The number of nitrogens with zero attached hydrogens (tertiary/aromatic N) is 5. The molecule has 424 valence electrons. The van der Waals surface area contributed by atoms with Crippen LogP contribution in [0, 0.1) is 0 Å². The molecule has 11 heteroatoms. The number of hydrogen-bond donors (Lipinski definition) is 2. The summed E-state index contributed by atoms with van der Waals surface area (Å²) in [4.78, 5) is 25.8. The molecule has 2 N–H and O–H groups in total. The van der Waals surface area contributed by atoms with Gasteiger partial charge in [0.05, 0.1) is 48.7 Å². The third kappa shape index (κ3) is 15.5. The van der Waals surface area contributed by atoms with Gasteiger partial charge in [-0.05, 0) is 189 Å². The Morgan fingerprint density at radius 2 is 0.815 bits per heavy atom. The van der Waals surface area contributed by atoms with Crippen molar-refractivity contribution < 1.29 is 18.9 Å². The Bertz CT molecular complexity index is 3370. The first kappa shape index (κ1) is 58.2. The number of ether oxygens (including phenoxy) is 4. The van der Waals surface area contributed by atoms with E-state index in [1.165, 1.54) is 32.1 Å². The van der Waals surface area contributed by atoms with Gasteiger partial charge in [-0.2, -0.15) is 0 Å². The molecular formula is C70H85N7O4. The second-order valence-electron chi connectivity index (χ2n) is 22.3. The number of hydrogen-bond acceptors (Lipinski definition) is 9. The minimum absolute atomic E-state index is 0.0746. The van der Waals surface area contributed by atoms with Crippen molar-refractivity contribution in [3.63, 3.8) is 0 Å². The number of rotatable bonds is 29. The van der Waals surface area contributed by atoms with Crippen LogP contribution in [0.4, 0.5) is 0 Å². The molecule has 8 bridgehead atoms. The van der Waals surface area contributed by atoms with Crippen LogP contribution in [0.2, 0.25) is 0 Å². The molecule has 0 aliphatic carbocycles. The van der Waals surface area contributed by atoms with Crippen LogP contribution in [0.25, 0.3) is 90.9 Å². The molecule has 0 amide bonds. The van der Waals surface area contributed by atoms with E-state index in [2.05, 4.69) is 208 Å². The number of fused-ring (bicyclic) bond motifs is 8. The summed E-state index contributed by atoms with van der Waals surface area (Å²) in [6, 6.07) is 42.5. The fourth-order valence-electron chi connectivity index (χ4n) is 10.8. The van der Waals surface area contributed by atoms with Gasteiger partial charge in [0.1, 0.15) is 23.0 Å². The van der Waals surface area contributed by atoms with Crippen LogP contribution in [0.15, 0.2) is 121 Å². The van der Waals surface area contributed by atoms with E-state index in [-0.39, 0.29) is 6.10 Å². The minimum Gasteiger partial charge on any atom is -0.494 e. The van der Waals surface area contributed by atoms with E-state index in [0.717, 1.165) is 171 Å². The van der Waals surface area contributed by atoms with E-state index in [1.54, 1.807) is 0 Å². The van der Waals surface area contributed by atoms with Crippen LogP contribution < -0.4 is 18.9 Å². The quantitative estimate of drug-likeness (QED) is 0.0444. The molecular weight excluding hydrogens is 1000 g/mol. The van der Waals surface area contributed by atoms with Gasteiger partial charge in [0.2, 0.25) is 0 Å². The highest BCUT2D eigenvalue weighted by Crippen LogP contribution is 2.42. The number of H-pyrrole nitrogens is 2. The van der Waals surface area contributed by atoms with E-state index in [4.69, 9.17) is 28.9 Å². The van der Waals surface area contributed by atoms with Crippen molar-refractivity contribution in [3.05, 3.63) is 144 Å². The Balaban J connectivity index is 1.29. The molecule has 11 nitrogen and oxygen atoms in total. The molecule has 3 aromatic heterocycles. The Morgan fingerprint density at radius 3 is 1.23 bits per heavy atom. The molecule has 2 aliphatic heterocycles. The average Bonchev–Trinajstić information content (AvgIpc) is 4.44. The summed E-state index contributed by atoms with van der Waals surface area (Å²) in [5, 5.41) is 0. The van der Waals surface area contributed by atoms with Gasteiger partial charge in [-0.15, -0.1) is 0 Å². The maximum absolute atomic E-state index is 7.12. The summed E-state index contributed by atoms with van der Waals surface area (Å²) in [5.74, 6) is 3.27. The highest BCUT2D eigenvalue weighted by molar-refractivity contribution is 6.00. The highest BCUT2D eigenvalue weighted by atomic mass is 16.5. The fraction of sp³-hybridized carbons (Fsp3) is 0.371. The van der Waals surface area contributed by atoms with Crippen LogP contribution in [-0.4, -0.2) is 122 Å². The fourth-order valence-corrected chi connectivity index (χ4v) is 10.8. The maximum Gasteiger partial charge on any atom is 0.127 e. The molecule has 9 rings (SSSR count). The molecule has 0 spiro atoms. The van der Waals surface area contributed by atoms with Gasteiger partial charge in [-0.3, -0.25) is 0 Å². The van der Waals surface area contributed by atoms with Crippen LogP contribution in [0.1, 0.15) is 107 Å². The molecule has 5 heterocycles.